The van der Waals surface area contributed by atoms with Crippen LogP contribution in [0.3, 0.4) is 0 Å². The Labute approximate surface area is 50.1 Å². The maximum Gasteiger partial charge on any atom is 0.00260 e. The molecule has 0 heterocycles. The summed E-state index contributed by atoms with van der Waals surface area (Å²) in [6.45, 7) is 2.17. The molecular formula is CH4IP3. The second-order valence-corrected chi connectivity index (χ2v) is 9.60. The normalized spacial score (nSPS) is 12.4. The lowest BCUT2D eigenvalue weighted by atomic mass is 12.0. The molecule has 1 atom stereocenters. The molecule has 4 heteroatoms. The third-order valence-electron chi connectivity index (χ3n) is 0.138. The summed E-state index contributed by atoms with van der Waals surface area (Å²) in [7, 11) is 3.07. The van der Waals surface area contributed by atoms with Gasteiger partial charge in [-0.15, -0.1) is 0 Å². The fourth-order valence-corrected chi connectivity index (χ4v) is 6.85. The molecule has 0 spiro atoms. The van der Waals surface area contributed by atoms with Gasteiger partial charge in [0.1, 0.15) is 0 Å². The Hall–Kier alpha value is 1.76. The van der Waals surface area contributed by atoms with Crippen molar-refractivity contribution in [3.05, 3.63) is 0 Å². The highest BCUT2D eigenvalue weighted by atomic mass is 127. The molecule has 0 aliphatic heterocycles. The van der Waals surface area contributed by atoms with E-state index in [1.54, 1.807) is 7.56 Å². The van der Waals surface area contributed by atoms with Crippen molar-refractivity contribution in [2.24, 2.45) is 0 Å². The molecule has 0 N–H and O–H groups in total. The minimum Gasteiger partial charge on any atom is -0.0743 e. The van der Waals surface area contributed by atoms with Crippen LogP contribution >= 0.6 is 43.4 Å². The first kappa shape index (κ1) is 6.76. The summed E-state index contributed by atoms with van der Waals surface area (Å²) in [5.41, 5.74) is 0. The van der Waals surface area contributed by atoms with Gasteiger partial charge in [-0.3, -0.25) is 0 Å². The van der Waals surface area contributed by atoms with E-state index in [2.05, 4.69) is 28.7 Å². The van der Waals surface area contributed by atoms with E-state index in [1.807, 2.05) is 0 Å². The fourth-order valence-electron chi connectivity index (χ4n) is 0.0378. The zero-order valence-corrected chi connectivity index (χ0v) is 7.72. The molecule has 0 bridgehead atoms. The van der Waals surface area contributed by atoms with Gasteiger partial charge in [0.15, 0.2) is 0 Å². The van der Waals surface area contributed by atoms with E-state index in [1.165, 1.54) is 7.87 Å². The van der Waals surface area contributed by atoms with E-state index in [0.29, 0.717) is 0 Å². The number of halogens is 1. The molecule has 0 aromatic heterocycles. The Balaban J connectivity index is 2.62. The van der Waals surface area contributed by atoms with Crippen LogP contribution in [0.4, 0.5) is 0 Å². The Morgan fingerprint density at radius 3 is 2.40 bits per heavy atom. The van der Waals surface area contributed by atoms with Crippen LogP contribution in [-0.4, -0.2) is 6.66 Å². The van der Waals surface area contributed by atoms with E-state index in [0.717, 1.165) is 5.91 Å². The summed E-state index contributed by atoms with van der Waals surface area (Å²) < 4.78 is 0. The standard InChI is InChI=1S/CH4IP3/c1-3-5-4-2/h4H,1H3. The van der Waals surface area contributed by atoms with Gasteiger partial charge in [-0.05, 0) is 36.3 Å². The number of rotatable bonds is 1. The van der Waals surface area contributed by atoms with Crippen molar-refractivity contribution < 1.29 is 0 Å². The topological polar surface area (TPSA) is 0 Å². The number of hydrogen-bond donors (Lipinski definition) is 0. The molecule has 0 aliphatic carbocycles. The lowest BCUT2D eigenvalue weighted by Gasteiger charge is -1.61. The number of hydrogen-bond acceptors (Lipinski definition) is 0. The lowest BCUT2D eigenvalue weighted by molar-refractivity contribution is 2.52. The van der Waals surface area contributed by atoms with Crippen molar-refractivity contribution in [2.75, 3.05) is 6.66 Å². The summed E-state index contributed by atoms with van der Waals surface area (Å²) in [4.78, 5) is 0. The zero-order chi connectivity index (χ0) is 4.12. The van der Waals surface area contributed by atoms with Crippen molar-refractivity contribution in [3.8, 4) is 0 Å². The average Bonchev–Trinajstić information content (AvgIpc) is 1.41. The van der Waals surface area contributed by atoms with Crippen LogP contribution in [-0.2, 0) is 0 Å². The third kappa shape index (κ3) is 5.76. The van der Waals surface area contributed by atoms with Gasteiger partial charge in [0.05, 0.1) is 0 Å². The first-order valence-corrected chi connectivity index (χ1v) is 8.96. The second-order valence-electron chi connectivity index (χ2n) is 0.385. The van der Waals surface area contributed by atoms with Crippen LogP contribution in [0.1, 0.15) is 0 Å². The zero-order valence-electron chi connectivity index (χ0n) is 2.77. The van der Waals surface area contributed by atoms with Crippen LogP contribution < -0.4 is 0 Å². The monoisotopic (exact) mass is 236 g/mol. The van der Waals surface area contributed by atoms with Crippen LogP contribution in [0.2, 0.25) is 0 Å². The average molecular weight is 236 g/mol. The van der Waals surface area contributed by atoms with Gasteiger partial charge in [-0.25, -0.2) is 0 Å². The largest absolute Gasteiger partial charge is 0.0743 e. The van der Waals surface area contributed by atoms with Gasteiger partial charge in [-0.1, -0.05) is 7.87 Å². The van der Waals surface area contributed by atoms with E-state index >= 15 is 0 Å². The second kappa shape index (κ2) is 5.76. The first-order valence-electron chi connectivity index (χ1n) is 1.06. The Morgan fingerprint density at radius 1 is 1.80 bits per heavy atom. The van der Waals surface area contributed by atoms with Crippen molar-refractivity contribution in [1.82, 2.24) is 0 Å². The lowest BCUT2D eigenvalue weighted by Crippen LogP contribution is -0.954. The summed E-state index contributed by atoms with van der Waals surface area (Å²) in [6, 6.07) is 0. The Kier molecular flexibility index (Phi) is 7.79. The molecule has 0 radical (unpaired) electrons. The molecule has 5 heavy (non-hydrogen) atoms. The van der Waals surface area contributed by atoms with E-state index in [4.69, 9.17) is 0 Å². The smallest absolute Gasteiger partial charge is 0.00260 e. The molecule has 0 amide bonds. The molecule has 0 rings (SSSR count). The van der Waals surface area contributed by atoms with Crippen LogP contribution in [0.5, 0.6) is 0 Å². The molecular weight excluding hydrogens is 232 g/mol. The highest BCUT2D eigenvalue weighted by Gasteiger charge is 1.55. The molecule has 30 valence electrons. The summed E-state index contributed by atoms with van der Waals surface area (Å²) >= 11 is 2.40. The quantitative estimate of drug-likeness (QED) is 0.483. The van der Waals surface area contributed by atoms with Crippen molar-refractivity contribution in [2.45, 2.75) is 0 Å². The Bertz CT molecular complexity index is 33.9. The fraction of sp³-hybridized carbons (Fsp3) is 1.00. The molecule has 0 saturated carbocycles. The van der Waals surface area contributed by atoms with Gasteiger partial charge in [0, 0.05) is 5.91 Å². The van der Waals surface area contributed by atoms with Gasteiger partial charge in [-0.2, -0.15) is 0 Å². The molecule has 0 aromatic rings. The van der Waals surface area contributed by atoms with Crippen molar-refractivity contribution >= 4 is 43.4 Å². The van der Waals surface area contributed by atoms with Gasteiger partial charge in [0.2, 0.25) is 0 Å². The maximum atomic E-state index is 2.40. The summed E-state index contributed by atoms with van der Waals surface area (Å²) in [5, 5.41) is 0. The Morgan fingerprint density at radius 2 is 2.40 bits per heavy atom. The minimum atomic E-state index is 1.09. The maximum absolute atomic E-state index is 2.40. The van der Waals surface area contributed by atoms with Gasteiger partial charge in [0.25, 0.3) is 0 Å². The van der Waals surface area contributed by atoms with Crippen LogP contribution in [0.25, 0.3) is 0 Å². The van der Waals surface area contributed by atoms with E-state index in [-0.39, 0.29) is 0 Å². The van der Waals surface area contributed by atoms with Crippen LogP contribution in [0, 0.1) is 0 Å². The predicted octanol–water partition coefficient (Wildman–Crippen LogP) is 3.37. The van der Waals surface area contributed by atoms with E-state index in [9.17, 15) is 0 Å². The summed E-state index contributed by atoms with van der Waals surface area (Å²) in [6.07, 6.45) is 0. The molecule has 0 fully saturated rings. The highest BCUT2D eigenvalue weighted by Crippen LogP contribution is 2.41. The molecule has 0 aromatic carbocycles. The molecule has 0 saturated heterocycles. The predicted molar refractivity (Wildman–Crippen MR) is 42.1 cm³/mol. The SMILES string of the molecule is CP=PPI. The first-order chi connectivity index (χ1) is 2.41. The molecule has 0 nitrogen and oxygen atoms in total. The third-order valence-corrected chi connectivity index (χ3v) is 9.55. The van der Waals surface area contributed by atoms with Gasteiger partial charge >= 0.3 is 0 Å². The van der Waals surface area contributed by atoms with Crippen LogP contribution in [0.15, 0.2) is 0 Å². The molecule has 0 aliphatic rings. The van der Waals surface area contributed by atoms with Crippen molar-refractivity contribution in [1.29, 1.82) is 0 Å². The minimum absolute atomic E-state index is 1.09. The van der Waals surface area contributed by atoms with Gasteiger partial charge < -0.3 is 0 Å². The highest BCUT2D eigenvalue weighted by molar-refractivity contribution is 14.2. The van der Waals surface area contributed by atoms with E-state index < -0.39 is 0 Å². The molecule has 1 unspecified atom stereocenters. The summed E-state index contributed by atoms with van der Waals surface area (Å²) in [5.74, 6) is 1.09. The van der Waals surface area contributed by atoms with Crippen molar-refractivity contribution in [3.63, 3.8) is 0 Å².